The molecule has 7 heteroatoms. The summed E-state index contributed by atoms with van der Waals surface area (Å²) in [6, 6.07) is 10.1. The molecule has 0 aliphatic rings. The van der Waals surface area contributed by atoms with Crippen molar-refractivity contribution < 1.29 is 4.39 Å². The summed E-state index contributed by atoms with van der Waals surface area (Å²) in [7, 11) is 6.18. The zero-order valence-electron chi connectivity index (χ0n) is 15.9. The Morgan fingerprint density at radius 1 is 1.04 bits per heavy atom. The highest BCUT2D eigenvalue weighted by atomic mass is 19.1. The summed E-state index contributed by atoms with van der Waals surface area (Å²) in [5, 5.41) is 13.0. The number of aromatic nitrogens is 4. The Labute approximate surface area is 153 Å². The van der Waals surface area contributed by atoms with Crippen LogP contribution in [0.3, 0.4) is 0 Å². The molecule has 0 bridgehead atoms. The van der Waals surface area contributed by atoms with Crippen molar-refractivity contribution in [2.75, 3.05) is 39.1 Å². The first kappa shape index (κ1) is 18.3. The van der Waals surface area contributed by atoms with Gasteiger partial charge in [0.1, 0.15) is 11.6 Å². The summed E-state index contributed by atoms with van der Waals surface area (Å²) in [5.74, 6) is 1.04. The lowest BCUT2D eigenvalue weighted by Crippen LogP contribution is -2.39. The Kier molecular flexibility index (Phi) is 4.91. The topological polar surface area (TPSA) is 49.6 Å². The van der Waals surface area contributed by atoms with Gasteiger partial charge in [-0.05, 0) is 43.8 Å². The molecule has 0 N–H and O–H groups in total. The maximum absolute atomic E-state index is 13.6. The van der Waals surface area contributed by atoms with E-state index in [0.717, 1.165) is 18.9 Å². The van der Waals surface area contributed by atoms with E-state index in [2.05, 4.69) is 53.0 Å². The van der Waals surface area contributed by atoms with Crippen molar-refractivity contribution in [1.82, 2.24) is 24.7 Å². The second-order valence-electron chi connectivity index (χ2n) is 7.75. The molecule has 0 spiro atoms. The molecule has 1 aromatic carbocycles. The van der Waals surface area contributed by atoms with Crippen LogP contribution in [0.25, 0.3) is 17.0 Å². The minimum absolute atomic E-state index is 0.105. The largest absolute Gasteiger partial charge is 0.358 e. The average Bonchev–Trinajstić information content (AvgIpc) is 2.96. The SMILES string of the molecule is CN(C)CC(C)(C)CN(C)c1ccc2nnc(-c3cccc(F)c3)n2n1. The van der Waals surface area contributed by atoms with E-state index < -0.39 is 0 Å². The molecule has 0 fully saturated rings. The molecule has 2 heterocycles. The third-order valence-corrected chi connectivity index (χ3v) is 4.13. The second kappa shape index (κ2) is 6.99. The summed E-state index contributed by atoms with van der Waals surface area (Å²) in [6.07, 6.45) is 0. The summed E-state index contributed by atoms with van der Waals surface area (Å²) in [6.45, 7) is 6.29. The van der Waals surface area contributed by atoms with Crippen molar-refractivity contribution in [2.24, 2.45) is 5.41 Å². The van der Waals surface area contributed by atoms with E-state index in [1.165, 1.54) is 12.1 Å². The van der Waals surface area contributed by atoms with Crippen molar-refractivity contribution in [2.45, 2.75) is 13.8 Å². The number of hydrogen-bond donors (Lipinski definition) is 0. The lowest BCUT2D eigenvalue weighted by molar-refractivity contribution is 0.245. The molecule has 0 radical (unpaired) electrons. The standard InChI is InChI=1S/C19H25FN6/c1-19(2,12-24(3)4)13-25(5)17-10-9-16-21-22-18(26(16)23-17)14-7-6-8-15(20)11-14/h6-11H,12-13H2,1-5H3. The second-order valence-corrected chi connectivity index (χ2v) is 7.75. The predicted octanol–water partition coefficient (Wildman–Crippen LogP) is 2.95. The van der Waals surface area contributed by atoms with E-state index in [1.807, 2.05) is 19.2 Å². The normalized spacial score (nSPS) is 12.1. The van der Waals surface area contributed by atoms with Gasteiger partial charge in [0.25, 0.3) is 0 Å². The van der Waals surface area contributed by atoms with Gasteiger partial charge in [-0.3, -0.25) is 0 Å². The highest BCUT2D eigenvalue weighted by Crippen LogP contribution is 2.23. The van der Waals surface area contributed by atoms with Gasteiger partial charge in [0.15, 0.2) is 11.5 Å². The fourth-order valence-corrected chi connectivity index (χ4v) is 3.42. The van der Waals surface area contributed by atoms with Crippen LogP contribution < -0.4 is 4.90 Å². The van der Waals surface area contributed by atoms with Crippen LogP contribution in [0, 0.1) is 11.2 Å². The summed E-state index contributed by atoms with van der Waals surface area (Å²) in [5.41, 5.74) is 1.39. The molecule has 0 aliphatic heterocycles. The number of benzene rings is 1. The lowest BCUT2D eigenvalue weighted by Gasteiger charge is -2.33. The first-order valence-electron chi connectivity index (χ1n) is 8.59. The Balaban J connectivity index is 1.92. The Bertz CT molecular complexity index is 902. The molecular formula is C19H25FN6. The van der Waals surface area contributed by atoms with Gasteiger partial charge >= 0.3 is 0 Å². The third kappa shape index (κ3) is 3.99. The van der Waals surface area contributed by atoms with Gasteiger partial charge in [-0.25, -0.2) is 4.39 Å². The number of anilines is 1. The molecule has 0 saturated carbocycles. The quantitative estimate of drug-likeness (QED) is 0.680. The van der Waals surface area contributed by atoms with Crippen LogP contribution in [0.4, 0.5) is 10.2 Å². The lowest BCUT2D eigenvalue weighted by atomic mass is 9.92. The van der Waals surface area contributed by atoms with E-state index in [4.69, 9.17) is 0 Å². The maximum Gasteiger partial charge on any atom is 0.185 e. The molecule has 138 valence electrons. The molecule has 3 rings (SSSR count). The van der Waals surface area contributed by atoms with Gasteiger partial charge in [-0.2, -0.15) is 4.52 Å². The van der Waals surface area contributed by atoms with Gasteiger partial charge in [-0.15, -0.1) is 15.3 Å². The summed E-state index contributed by atoms with van der Waals surface area (Å²) < 4.78 is 15.2. The number of halogens is 1. The van der Waals surface area contributed by atoms with E-state index in [0.29, 0.717) is 17.0 Å². The van der Waals surface area contributed by atoms with Gasteiger partial charge in [0.05, 0.1) is 0 Å². The number of rotatable bonds is 6. The van der Waals surface area contributed by atoms with Crippen LogP contribution in [0.2, 0.25) is 0 Å². The molecule has 0 atom stereocenters. The molecule has 26 heavy (non-hydrogen) atoms. The van der Waals surface area contributed by atoms with Gasteiger partial charge < -0.3 is 9.80 Å². The Morgan fingerprint density at radius 3 is 2.50 bits per heavy atom. The maximum atomic E-state index is 13.6. The number of fused-ring (bicyclic) bond motifs is 1. The van der Waals surface area contributed by atoms with Gasteiger partial charge in [-0.1, -0.05) is 26.0 Å². The third-order valence-electron chi connectivity index (χ3n) is 4.13. The highest BCUT2D eigenvalue weighted by molar-refractivity contribution is 5.59. The Hall–Kier alpha value is -2.54. The minimum Gasteiger partial charge on any atom is -0.358 e. The molecule has 6 nitrogen and oxygen atoms in total. The molecule has 3 aromatic rings. The van der Waals surface area contributed by atoms with Crippen LogP contribution in [-0.4, -0.2) is 58.9 Å². The zero-order valence-corrected chi connectivity index (χ0v) is 15.9. The number of nitrogens with zero attached hydrogens (tertiary/aromatic N) is 6. The first-order chi connectivity index (χ1) is 12.2. The molecule has 0 unspecified atom stereocenters. The summed E-state index contributed by atoms with van der Waals surface area (Å²) >= 11 is 0. The van der Waals surface area contributed by atoms with Crippen molar-refractivity contribution in [3.05, 3.63) is 42.2 Å². The smallest absolute Gasteiger partial charge is 0.185 e. The first-order valence-corrected chi connectivity index (χ1v) is 8.59. The van der Waals surface area contributed by atoms with Gasteiger partial charge in [0.2, 0.25) is 0 Å². The fourth-order valence-electron chi connectivity index (χ4n) is 3.42. The average molecular weight is 356 g/mol. The van der Waals surface area contributed by atoms with Crippen molar-refractivity contribution in [3.8, 4) is 11.4 Å². The van der Waals surface area contributed by atoms with E-state index in [9.17, 15) is 4.39 Å². The molecular weight excluding hydrogens is 331 g/mol. The zero-order chi connectivity index (χ0) is 18.9. The van der Waals surface area contributed by atoms with Gasteiger partial charge in [0, 0.05) is 25.7 Å². The van der Waals surface area contributed by atoms with Crippen LogP contribution in [0.15, 0.2) is 36.4 Å². The van der Waals surface area contributed by atoms with Crippen molar-refractivity contribution in [3.63, 3.8) is 0 Å². The van der Waals surface area contributed by atoms with Crippen LogP contribution in [0.1, 0.15) is 13.8 Å². The summed E-state index contributed by atoms with van der Waals surface area (Å²) in [4.78, 5) is 4.31. The minimum atomic E-state index is -0.307. The molecule has 2 aromatic heterocycles. The van der Waals surface area contributed by atoms with Crippen LogP contribution in [0.5, 0.6) is 0 Å². The fraction of sp³-hybridized carbons (Fsp3) is 0.421. The predicted molar refractivity (Wildman–Crippen MR) is 102 cm³/mol. The molecule has 0 amide bonds. The van der Waals surface area contributed by atoms with E-state index in [-0.39, 0.29) is 11.2 Å². The Morgan fingerprint density at radius 2 is 1.81 bits per heavy atom. The monoisotopic (exact) mass is 356 g/mol. The highest BCUT2D eigenvalue weighted by Gasteiger charge is 2.22. The van der Waals surface area contributed by atoms with Crippen molar-refractivity contribution in [1.29, 1.82) is 0 Å². The van der Waals surface area contributed by atoms with E-state index >= 15 is 0 Å². The number of hydrogen-bond acceptors (Lipinski definition) is 5. The van der Waals surface area contributed by atoms with Crippen molar-refractivity contribution >= 4 is 11.5 Å². The van der Waals surface area contributed by atoms with Crippen LogP contribution >= 0.6 is 0 Å². The molecule has 0 saturated heterocycles. The van der Waals surface area contributed by atoms with E-state index in [1.54, 1.807) is 16.6 Å². The molecule has 0 aliphatic carbocycles. The van der Waals surface area contributed by atoms with Crippen LogP contribution in [-0.2, 0) is 0 Å².